The third-order valence-electron chi connectivity index (χ3n) is 3.64. The zero-order valence-electron chi connectivity index (χ0n) is 12.7. The number of hydrogen-bond donors (Lipinski definition) is 1. The molecule has 1 aliphatic heterocycles. The fraction of sp³-hybridized carbons (Fsp3) is 0.500. The van der Waals surface area contributed by atoms with Crippen LogP contribution in [0.2, 0.25) is 0 Å². The van der Waals surface area contributed by atoms with E-state index < -0.39 is 22.0 Å². The van der Waals surface area contributed by atoms with Gasteiger partial charge in [0.25, 0.3) is 0 Å². The highest BCUT2D eigenvalue weighted by Gasteiger charge is 2.38. The highest BCUT2D eigenvalue weighted by Crippen LogP contribution is 2.29. The Morgan fingerprint density at radius 3 is 2.65 bits per heavy atom. The molecular formula is C14H18N4O3S2. The molecule has 2 unspecified atom stereocenters. The second kappa shape index (κ2) is 6.58. The molecule has 23 heavy (non-hydrogen) atoms. The van der Waals surface area contributed by atoms with Crippen LogP contribution in [0.15, 0.2) is 29.9 Å². The van der Waals surface area contributed by atoms with E-state index in [-0.39, 0.29) is 11.5 Å². The first kappa shape index (κ1) is 16.4. The van der Waals surface area contributed by atoms with Gasteiger partial charge in [0.2, 0.25) is 0 Å². The Morgan fingerprint density at radius 2 is 2.04 bits per heavy atom. The zero-order valence-corrected chi connectivity index (χ0v) is 14.3. The van der Waals surface area contributed by atoms with E-state index in [1.54, 1.807) is 41.1 Å². The monoisotopic (exact) mass is 354 g/mol. The number of hydrogen-bond acceptors (Lipinski definition) is 7. The summed E-state index contributed by atoms with van der Waals surface area (Å²) >= 11 is 1.59. The number of aliphatic hydroxyl groups is 1. The summed E-state index contributed by atoms with van der Waals surface area (Å²) < 4.78 is 25.1. The van der Waals surface area contributed by atoms with E-state index in [0.717, 1.165) is 12.2 Å². The van der Waals surface area contributed by atoms with E-state index in [1.165, 1.54) is 0 Å². The second-order valence-corrected chi connectivity index (χ2v) is 8.69. The maximum atomic E-state index is 11.7. The molecule has 1 saturated heterocycles. The SMILES string of the molecule is CCCSc1ncc(-c2nccn2C2CS(=O)(=O)CC2O)cn1. The third-order valence-corrected chi connectivity index (χ3v) is 6.42. The van der Waals surface area contributed by atoms with Crippen LogP contribution in [0.4, 0.5) is 0 Å². The molecule has 2 aromatic heterocycles. The molecule has 0 aliphatic carbocycles. The molecule has 124 valence electrons. The Hall–Kier alpha value is -1.45. The van der Waals surface area contributed by atoms with Gasteiger partial charge in [-0.1, -0.05) is 18.7 Å². The molecule has 1 fully saturated rings. The Morgan fingerprint density at radius 1 is 1.30 bits per heavy atom. The van der Waals surface area contributed by atoms with Crippen LogP contribution in [0.5, 0.6) is 0 Å². The Balaban J connectivity index is 1.86. The van der Waals surface area contributed by atoms with Gasteiger partial charge in [-0.2, -0.15) is 0 Å². The van der Waals surface area contributed by atoms with Crippen LogP contribution in [-0.2, 0) is 9.84 Å². The van der Waals surface area contributed by atoms with E-state index in [1.807, 2.05) is 0 Å². The number of nitrogens with zero attached hydrogens (tertiary/aromatic N) is 4. The van der Waals surface area contributed by atoms with Crippen LogP contribution in [0.25, 0.3) is 11.4 Å². The Kier molecular flexibility index (Phi) is 4.69. The first-order valence-corrected chi connectivity index (χ1v) is 10.2. The molecule has 0 radical (unpaired) electrons. The third kappa shape index (κ3) is 3.56. The predicted molar refractivity (Wildman–Crippen MR) is 88.0 cm³/mol. The van der Waals surface area contributed by atoms with Crippen molar-refractivity contribution in [2.75, 3.05) is 17.3 Å². The fourth-order valence-electron chi connectivity index (χ4n) is 2.58. The molecular weight excluding hydrogens is 336 g/mol. The lowest BCUT2D eigenvalue weighted by Gasteiger charge is -2.17. The van der Waals surface area contributed by atoms with Crippen LogP contribution < -0.4 is 0 Å². The molecule has 2 aromatic rings. The maximum Gasteiger partial charge on any atom is 0.187 e. The van der Waals surface area contributed by atoms with Crippen molar-refractivity contribution in [2.24, 2.45) is 0 Å². The highest BCUT2D eigenvalue weighted by molar-refractivity contribution is 7.99. The summed E-state index contributed by atoms with van der Waals surface area (Å²) in [5, 5.41) is 10.8. The van der Waals surface area contributed by atoms with E-state index in [4.69, 9.17) is 0 Å². The van der Waals surface area contributed by atoms with Crippen molar-refractivity contribution in [1.82, 2.24) is 19.5 Å². The number of aromatic nitrogens is 4. The van der Waals surface area contributed by atoms with Crippen molar-refractivity contribution in [3.05, 3.63) is 24.8 Å². The van der Waals surface area contributed by atoms with Crippen LogP contribution in [0.3, 0.4) is 0 Å². The lowest BCUT2D eigenvalue weighted by Crippen LogP contribution is -2.22. The lowest BCUT2D eigenvalue weighted by molar-refractivity contribution is 0.154. The molecule has 3 heterocycles. The average Bonchev–Trinajstić information content (AvgIpc) is 3.09. The van der Waals surface area contributed by atoms with Crippen molar-refractivity contribution in [2.45, 2.75) is 30.6 Å². The molecule has 0 saturated carbocycles. The molecule has 1 aliphatic rings. The first-order chi connectivity index (χ1) is 11.0. The van der Waals surface area contributed by atoms with Gasteiger partial charge < -0.3 is 9.67 Å². The van der Waals surface area contributed by atoms with E-state index >= 15 is 0 Å². The van der Waals surface area contributed by atoms with Crippen LogP contribution in [0.1, 0.15) is 19.4 Å². The van der Waals surface area contributed by atoms with Crippen molar-refractivity contribution < 1.29 is 13.5 Å². The molecule has 3 rings (SSSR count). The smallest absolute Gasteiger partial charge is 0.187 e. The van der Waals surface area contributed by atoms with Crippen molar-refractivity contribution in [1.29, 1.82) is 0 Å². The molecule has 2 atom stereocenters. The molecule has 9 heteroatoms. The lowest BCUT2D eigenvalue weighted by atomic mass is 10.2. The summed E-state index contributed by atoms with van der Waals surface area (Å²) in [6.45, 7) is 2.10. The fourth-order valence-corrected chi connectivity index (χ4v) is 5.00. The Bertz CT molecular complexity index is 774. The van der Waals surface area contributed by atoms with Crippen LogP contribution in [-0.4, -0.2) is 56.4 Å². The normalized spacial score (nSPS) is 23.2. The van der Waals surface area contributed by atoms with Gasteiger partial charge in [0.1, 0.15) is 5.82 Å². The molecule has 0 spiro atoms. The minimum atomic E-state index is -3.22. The van der Waals surface area contributed by atoms with E-state index in [0.29, 0.717) is 16.5 Å². The molecule has 0 bridgehead atoms. The van der Waals surface area contributed by atoms with Crippen molar-refractivity contribution in [3.8, 4) is 11.4 Å². The largest absolute Gasteiger partial charge is 0.390 e. The molecule has 1 N–H and O–H groups in total. The number of rotatable bonds is 5. The Labute approximate surface area is 139 Å². The van der Waals surface area contributed by atoms with Gasteiger partial charge in [-0.25, -0.2) is 23.4 Å². The highest BCUT2D eigenvalue weighted by atomic mass is 32.2. The van der Waals surface area contributed by atoms with Gasteiger partial charge in [-0.15, -0.1) is 0 Å². The quantitative estimate of drug-likeness (QED) is 0.636. The molecule has 0 aromatic carbocycles. The molecule has 0 amide bonds. The summed E-state index contributed by atoms with van der Waals surface area (Å²) in [4.78, 5) is 12.9. The number of aliphatic hydroxyl groups excluding tert-OH is 1. The topological polar surface area (TPSA) is 98.0 Å². The van der Waals surface area contributed by atoms with E-state index in [9.17, 15) is 13.5 Å². The van der Waals surface area contributed by atoms with Gasteiger partial charge in [0, 0.05) is 30.5 Å². The molecule has 7 nitrogen and oxygen atoms in total. The van der Waals surface area contributed by atoms with Gasteiger partial charge in [-0.3, -0.25) is 0 Å². The van der Waals surface area contributed by atoms with Gasteiger partial charge in [-0.05, 0) is 6.42 Å². The number of imidazole rings is 1. The standard InChI is InChI=1S/C14H18N4O3S2/c1-2-5-22-14-16-6-10(7-17-14)13-15-3-4-18(13)11-8-23(20,21)9-12(11)19/h3-4,6-7,11-12,19H,2,5,8-9H2,1H3. The number of sulfone groups is 1. The number of thioether (sulfide) groups is 1. The summed E-state index contributed by atoms with van der Waals surface area (Å²) in [6, 6.07) is -0.522. The van der Waals surface area contributed by atoms with E-state index in [2.05, 4.69) is 21.9 Å². The van der Waals surface area contributed by atoms with Crippen LogP contribution in [0, 0.1) is 0 Å². The minimum absolute atomic E-state index is 0.0805. The van der Waals surface area contributed by atoms with Crippen LogP contribution >= 0.6 is 11.8 Å². The average molecular weight is 354 g/mol. The summed E-state index contributed by atoms with van der Waals surface area (Å²) in [7, 11) is -3.22. The van der Waals surface area contributed by atoms with Crippen molar-refractivity contribution >= 4 is 21.6 Å². The summed E-state index contributed by atoms with van der Waals surface area (Å²) in [5.41, 5.74) is 0.701. The maximum absolute atomic E-state index is 11.7. The second-order valence-electron chi connectivity index (χ2n) is 5.47. The van der Waals surface area contributed by atoms with Gasteiger partial charge in [0.05, 0.1) is 29.2 Å². The summed E-state index contributed by atoms with van der Waals surface area (Å²) in [6.07, 6.45) is 6.76. The predicted octanol–water partition coefficient (Wildman–Crippen LogP) is 1.17. The van der Waals surface area contributed by atoms with Gasteiger partial charge >= 0.3 is 0 Å². The van der Waals surface area contributed by atoms with Crippen molar-refractivity contribution in [3.63, 3.8) is 0 Å². The zero-order chi connectivity index (χ0) is 16.4. The first-order valence-electron chi connectivity index (χ1n) is 7.36. The van der Waals surface area contributed by atoms with Gasteiger partial charge in [0.15, 0.2) is 15.0 Å². The summed E-state index contributed by atoms with van der Waals surface area (Å²) in [5.74, 6) is 1.24. The minimum Gasteiger partial charge on any atom is -0.390 e.